The first kappa shape index (κ1) is 21.1. The van der Waals surface area contributed by atoms with Gasteiger partial charge in [-0.3, -0.25) is 14.2 Å². The molecular formula is C21H21F2N5O2. The van der Waals surface area contributed by atoms with E-state index < -0.39 is 5.82 Å². The van der Waals surface area contributed by atoms with Crippen LogP contribution in [-0.2, 0) is 4.79 Å². The van der Waals surface area contributed by atoms with Crippen LogP contribution in [0.5, 0.6) is 0 Å². The number of aromatic nitrogens is 3. The zero-order chi connectivity index (χ0) is 21.5. The Kier molecular flexibility index (Phi) is 6.84. The molecule has 156 valence electrons. The Balaban J connectivity index is 0.000000269. The van der Waals surface area contributed by atoms with Gasteiger partial charge in [0, 0.05) is 43.5 Å². The van der Waals surface area contributed by atoms with Crippen LogP contribution in [0.2, 0.25) is 0 Å². The molecule has 0 atom stereocenters. The lowest BCUT2D eigenvalue weighted by Gasteiger charge is -2.10. The van der Waals surface area contributed by atoms with Crippen molar-refractivity contribution in [3.8, 4) is 16.9 Å². The Morgan fingerprint density at radius 2 is 1.90 bits per heavy atom. The first-order chi connectivity index (χ1) is 14.5. The zero-order valence-corrected chi connectivity index (χ0v) is 16.4. The van der Waals surface area contributed by atoms with Crippen molar-refractivity contribution in [3.63, 3.8) is 0 Å². The smallest absolute Gasteiger partial charge is 0.255 e. The summed E-state index contributed by atoms with van der Waals surface area (Å²) in [5.74, 6) is -0.794. The SMILES string of the molecule is CC(=O)N1CCCC1.O=c1ccccn1-c1cccc(-c2nc(NF)ncc2F)c1. The number of benzene rings is 1. The first-order valence-electron chi connectivity index (χ1n) is 9.43. The minimum Gasteiger partial charge on any atom is -0.343 e. The number of hydrogen-bond acceptors (Lipinski definition) is 5. The number of pyridine rings is 1. The summed E-state index contributed by atoms with van der Waals surface area (Å²) in [5, 5.41) is 0. The van der Waals surface area contributed by atoms with E-state index in [-0.39, 0.29) is 23.1 Å². The van der Waals surface area contributed by atoms with Crippen molar-refractivity contribution in [1.29, 1.82) is 0 Å². The molecule has 1 fully saturated rings. The van der Waals surface area contributed by atoms with E-state index in [1.54, 1.807) is 49.5 Å². The second-order valence-corrected chi connectivity index (χ2v) is 6.66. The van der Waals surface area contributed by atoms with Crippen LogP contribution >= 0.6 is 0 Å². The lowest BCUT2D eigenvalue weighted by atomic mass is 10.1. The van der Waals surface area contributed by atoms with Crippen molar-refractivity contribution in [2.24, 2.45) is 0 Å². The highest BCUT2D eigenvalue weighted by Gasteiger charge is 2.13. The maximum atomic E-state index is 13.9. The molecule has 0 spiro atoms. The maximum absolute atomic E-state index is 13.9. The molecule has 1 saturated heterocycles. The molecule has 0 bridgehead atoms. The molecule has 4 rings (SSSR count). The molecule has 30 heavy (non-hydrogen) atoms. The summed E-state index contributed by atoms with van der Waals surface area (Å²) in [5.41, 5.74) is 1.97. The molecule has 1 amide bonds. The van der Waals surface area contributed by atoms with Crippen LogP contribution in [0.4, 0.5) is 14.8 Å². The minimum atomic E-state index is -0.684. The van der Waals surface area contributed by atoms with Gasteiger partial charge in [-0.05, 0) is 31.0 Å². The molecule has 1 aliphatic heterocycles. The van der Waals surface area contributed by atoms with Crippen LogP contribution in [-0.4, -0.2) is 38.4 Å². The van der Waals surface area contributed by atoms with Crippen LogP contribution in [0, 0.1) is 5.82 Å². The van der Waals surface area contributed by atoms with Gasteiger partial charge in [-0.15, -0.1) is 4.48 Å². The topological polar surface area (TPSA) is 80.1 Å². The zero-order valence-electron chi connectivity index (χ0n) is 16.4. The van der Waals surface area contributed by atoms with Crippen LogP contribution in [0.25, 0.3) is 16.9 Å². The normalized spacial score (nSPS) is 12.8. The van der Waals surface area contributed by atoms with Gasteiger partial charge in [-0.2, -0.15) is 5.54 Å². The number of hydrogen-bond donors (Lipinski definition) is 1. The number of carbonyl (C=O) groups excluding carboxylic acids is 1. The molecule has 0 aliphatic carbocycles. The van der Waals surface area contributed by atoms with Crippen molar-refractivity contribution < 1.29 is 13.7 Å². The third kappa shape index (κ3) is 5.05. The molecule has 3 aromatic rings. The van der Waals surface area contributed by atoms with Crippen molar-refractivity contribution in [2.45, 2.75) is 19.8 Å². The highest BCUT2D eigenvalue weighted by atomic mass is 19.2. The van der Waals surface area contributed by atoms with Gasteiger partial charge in [0.15, 0.2) is 5.82 Å². The van der Waals surface area contributed by atoms with Crippen molar-refractivity contribution in [3.05, 3.63) is 71.0 Å². The van der Waals surface area contributed by atoms with Gasteiger partial charge in [0.05, 0.1) is 6.20 Å². The molecule has 0 radical (unpaired) electrons. The summed E-state index contributed by atoms with van der Waals surface area (Å²) in [6.45, 7) is 3.59. The lowest BCUT2D eigenvalue weighted by Crippen LogP contribution is -2.24. The predicted octanol–water partition coefficient (Wildman–Crippen LogP) is 3.36. The molecule has 1 aliphatic rings. The Labute approximate surface area is 172 Å². The van der Waals surface area contributed by atoms with Gasteiger partial charge < -0.3 is 4.90 Å². The second kappa shape index (κ2) is 9.73. The van der Waals surface area contributed by atoms with Crippen LogP contribution in [0.3, 0.4) is 0 Å². The quantitative estimate of drug-likeness (QED) is 0.666. The van der Waals surface area contributed by atoms with Gasteiger partial charge in [-0.25, -0.2) is 14.4 Å². The number of rotatable bonds is 3. The van der Waals surface area contributed by atoms with Crippen LogP contribution in [0.15, 0.2) is 59.7 Å². The third-order valence-corrected chi connectivity index (χ3v) is 4.60. The largest absolute Gasteiger partial charge is 0.343 e. The Hall–Kier alpha value is -3.62. The number of likely N-dealkylation sites (tertiary alicyclic amines) is 1. The van der Waals surface area contributed by atoms with Crippen LogP contribution in [0.1, 0.15) is 19.8 Å². The molecule has 1 aromatic carbocycles. The van der Waals surface area contributed by atoms with Gasteiger partial charge >= 0.3 is 0 Å². The van der Waals surface area contributed by atoms with Gasteiger partial charge in [0.25, 0.3) is 11.5 Å². The van der Waals surface area contributed by atoms with Crippen LogP contribution < -0.4 is 11.1 Å². The summed E-state index contributed by atoms with van der Waals surface area (Å²) in [4.78, 5) is 31.5. The molecular weight excluding hydrogens is 392 g/mol. The maximum Gasteiger partial charge on any atom is 0.255 e. The van der Waals surface area contributed by atoms with Gasteiger partial charge in [0.1, 0.15) is 5.69 Å². The highest BCUT2D eigenvalue weighted by molar-refractivity contribution is 5.73. The number of anilines is 1. The van der Waals surface area contributed by atoms with E-state index in [0.29, 0.717) is 11.3 Å². The van der Waals surface area contributed by atoms with E-state index in [1.165, 1.54) is 29.0 Å². The Bertz CT molecular complexity index is 1080. The Morgan fingerprint density at radius 1 is 1.13 bits per heavy atom. The van der Waals surface area contributed by atoms with Gasteiger partial charge in [-0.1, -0.05) is 18.2 Å². The summed E-state index contributed by atoms with van der Waals surface area (Å²) in [6, 6.07) is 11.3. The third-order valence-electron chi connectivity index (χ3n) is 4.60. The summed E-state index contributed by atoms with van der Waals surface area (Å²) in [7, 11) is 0. The summed E-state index contributed by atoms with van der Waals surface area (Å²) >= 11 is 0. The fourth-order valence-electron chi connectivity index (χ4n) is 3.09. The molecule has 0 saturated carbocycles. The summed E-state index contributed by atoms with van der Waals surface area (Å²) < 4.78 is 27.7. The van der Waals surface area contributed by atoms with E-state index >= 15 is 0 Å². The average molecular weight is 413 g/mol. The van der Waals surface area contributed by atoms with Crippen molar-refractivity contribution in [1.82, 2.24) is 19.4 Å². The number of halogens is 2. The second-order valence-electron chi connectivity index (χ2n) is 6.66. The van der Waals surface area contributed by atoms with E-state index in [1.807, 2.05) is 4.90 Å². The van der Waals surface area contributed by atoms with E-state index in [2.05, 4.69) is 9.97 Å². The molecule has 1 N–H and O–H groups in total. The Morgan fingerprint density at radius 3 is 2.53 bits per heavy atom. The molecule has 7 nitrogen and oxygen atoms in total. The van der Waals surface area contributed by atoms with Crippen molar-refractivity contribution in [2.75, 3.05) is 18.6 Å². The molecule has 9 heteroatoms. The molecule has 3 heterocycles. The molecule has 0 unspecified atom stereocenters. The fourth-order valence-corrected chi connectivity index (χ4v) is 3.09. The lowest BCUT2D eigenvalue weighted by molar-refractivity contribution is -0.127. The predicted molar refractivity (Wildman–Crippen MR) is 109 cm³/mol. The first-order valence-corrected chi connectivity index (χ1v) is 9.43. The fraction of sp³-hybridized carbons (Fsp3) is 0.238. The highest BCUT2D eigenvalue weighted by Crippen LogP contribution is 2.23. The average Bonchev–Trinajstić information content (AvgIpc) is 3.30. The number of carbonyl (C=O) groups is 1. The number of nitrogens with zero attached hydrogens (tertiary/aromatic N) is 4. The van der Waals surface area contributed by atoms with E-state index in [0.717, 1.165) is 19.3 Å². The van der Waals surface area contributed by atoms with Crippen molar-refractivity contribution >= 4 is 11.9 Å². The van der Waals surface area contributed by atoms with E-state index in [4.69, 9.17) is 0 Å². The van der Waals surface area contributed by atoms with Gasteiger partial charge in [0.2, 0.25) is 5.91 Å². The van der Waals surface area contributed by atoms with E-state index in [9.17, 15) is 18.5 Å². The number of amides is 1. The summed E-state index contributed by atoms with van der Waals surface area (Å²) in [6.07, 6.45) is 4.87. The minimum absolute atomic E-state index is 0.0546. The molecule has 2 aromatic heterocycles. The monoisotopic (exact) mass is 413 g/mol. The number of nitrogens with one attached hydrogen (secondary N) is 1. The standard InChI is InChI=1S/C15H10F2N4O.C6H11NO/c16-12-9-18-15(20-17)19-14(12)10-4-3-5-11(8-10)21-7-2-1-6-13(21)22;1-6(8)7-4-2-3-5-7/h1-9H,(H,18,19,20);2-5H2,1H3.